The second-order valence-corrected chi connectivity index (χ2v) is 7.86. The van der Waals surface area contributed by atoms with Gasteiger partial charge in [-0.25, -0.2) is 4.99 Å². The number of aliphatic imine (C=N–C) groups is 1. The minimum absolute atomic E-state index is 0.0866. The molecule has 0 unspecified atom stereocenters. The van der Waals surface area contributed by atoms with E-state index in [-0.39, 0.29) is 19.1 Å². The van der Waals surface area contributed by atoms with Crippen molar-refractivity contribution in [2.24, 2.45) is 4.99 Å². The van der Waals surface area contributed by atoms with Crippen LogP contribution < -0.4 is 19.5 Å². The van der Waals surface area contributed by atoms with Gasteiger partial charge in [0.25, 0.3) is 5.91 Å². The lowest BCUT2D eigenvalue weighted by Gasteiger charge is -2.21. The van der Waals surface area contributed by atoms with Crippen LogP contribution in [0.15, 0.2) is 60.1 Å². The van der Waals surface area contributed by atoms with Crippen molar-refractivity contribution in [2.75, 3.05) is 40.6 Å². The number of nitrogens with one attached hydrogen (secondary N) is 1. The molecular weight excluding hydrogens is 436 g/mol. The Morgan fingerprint density at radius 1 is 1.21 bits per heavy atom. The number of nitrogens with zero attached hydrogens (tertiary/aromatic N) is 1. The summed E-state index contributed by atoms with van der Waals surface area (Å²) in [5, 5.41) is 11.9. The van der Waals surface area contributed by atoms with E-state index in [1.165, 1.54) is 0 Å². The van der Waals surface area contributed by atoms with Crippen LogP contribution in [0.5, 0.6) is 17.2 Å². The Labute approximate surface area is 200 Å². The first-order valence-electron chi connectivity index (χ1n) is 11.2. The van der Waals surface area contributed by atoms with E-state index in [1.807, 2.05) is 42.5 Å². The lowest BCUT2D eigenvalue weighted by molar-refractivity contribution is -0.126. The largest absolute Gasteiger partial charge is 0.497 e. The minimum atomic E-state index is -1.06. The van der Waals surface area contributed by atoms with Crippen LogP contribution in [-0.2, 0) is 16.0 Å². The zero-order valence-corrected chi connectivity index (χ0v) is 19.7. The summed E-state index contributed by atoms with van der Waals surface area (Å²) in [7, 11) is 3.23. The molecule has 0 saturated carbocycles. The van der Waals surface area contributed by atoms with Crippen molar-refractivity contribution in [3.8, 4) is 17.2 Å². The van der Waals surface area contributed by atoms with Crippen molar-refractivity contribution in [3.63, 3.8) is 0 Å². The van der Waals surface area contributed by atoms with Crippen molar-refractivity contribution < 1.29 is 28.8 Å². The SMILES string of the molecule is C=CC[C@]1(C(=O)NCCc2cc(OC)ccc2OC)COC(c2ccc(OCCCO)cc2)=N1. The van der Waals surface area contributed by atoms with E-state index in [0.29, 0.717) is 44.1 Å². The Hall–Kier alpha value is -3.52. The van der Waals surface area contributed by atoms with Crippen molar-refractivity contribution in [2.45, 2.75) is 24.8 Å². The van der Waals surface area contributed by atoms with Gasteiger partial charge in [-0.2, -0.15) is 0 Å². The highest BCUT2D eigenvalue weighted by Gasteiger charge is 2.43. The molecule has 0 radical (unpaired) electrons. The van der Waals surface area contributed by atoms with Gasteiger partial charge in [0, 0.05) is 31.6 Å². The molecule has 1 amide bonds. The molecule has 1 heterocycles. The van der Waals surface area contributed by atoms with Gasteiger partial charge >= 0.3 is 0 Å². The third-order valence-electron chi connectivity index (χ3n) is 5.51. The molecule has 1 atom stereocenters. The van der Waals surface area contributed by atoms with Crippen molar-refractivity contribution in [1.29, 1.82) is 0 Å². The molecule has 0 fully saturated rings. The number of hydrogen-bond donors (Lipinski definition) is 2. The topological polar surface area (TPSA) is 98.6 Å². The van der Waals surface area contributed by atoms with Gasteiger partial charge in [-0.15, -0.1) is 6.58 Å². The van der Waals surface area contributed by atoms with Crippen molar-refractivity contribution >= 4 is 11.8 Å². The van der Waals surface area contributed by atoms with Crippen molar-refractivity contribution in [1.82, 2.24) is 5.32 Å². The van der Waals surface area contributed by atoms with Gasteiger partial charge in [0.15, 0.2) is 5.54 Å². The van der Waals surface area contributed by atoms with E-state index < -0.39 is 5.54 Å². The Bertz CT molecular complexity index is 1000. The van der Waals surface area contributed by atoms with Crippen LogP contribution in [0.4, 0.5) is 0 Å². The highest BCUT2D eigenvalue weighted by atomic mass is 16.5. The van der Waals surface area contributed by atoms with Crippen LogP contribution in [-0.4, -0.2) is 63.0 Å². The van der Waals surface area contributed by atoms with Crippen LogP contribution in [0.25, 0.3) is 0 Å². The molecular formula is C26H32N2O6. The third-order valence-corrected chi connectivity index (χ3v) is 5.51. The molecule has 0 saturated heterocycles. The number of carbonyl (C=O) groups is 1. The predicted octanol–water partition coefficient (Wildman–Crippen LogP) is 2.92. The molecule has 182 valence electrons. The van der Waals surface area contributed by atoms with E-state index >= 15 is 0 Å². The molecule has 1 aliphatic heterocycles. The van der Waals surface area contributed by atoms with E-state index in [4.69, 9.17) is 24.1 Å². The Balaban J connectivity index is 1.66. The first-order valence-corrected chi connectivity index (χ1v) is 11.2. The highest BCUT2D eigenvalue weighted by Crippen LogP contribution is 2.28. The second-order valence-electron chi connectivity index (χ2n) is 7.86. The maximum absolute atomic E-state index is 13.2. The fourth-order valence-electron chi connectivity index (χ4n) is 3.65. The average molecular weight is 469 g/mol. The van der Waals surface area contributed by atoms with Crippen LogP contribution in [0, 0.1) is 0 Å². The van der Waals surface area contributed by atoms with Gasteiger partial charge in [0.05, 0.1) is 20.8 Å². The molecule has 2 N–H and O–H groups in total. The maximum atomic E-state index is 13.2. The maximum Gasteiger partial charge on any atom is 0.251 e. The number of aliphatic hydroxyl groups is 1. The molecule has 8 nitrogen and oxygen atoms in total. The minimum Gasteiger partial charge on any atom is -0.497 e. The summed E-state index contributed by atoms with van der Waals surface area (Å²) in [6, 6.07) is 12.9. The Morgan fingerprint density at radius 2 is 1.97 bits per heavy atom. The van der Waals surface area contributed by atoms with Gasteiger partial charge in [0.1, 0.15) is 23.9 Å². The molecule has 0 aliphatic carbocycles. The molecule has 2 aromatic rings. The molecule has 0 bridgehead atoms. The molecule has 8 heteroatoms. The molecule has 0 aromatic heterocycles. The average Bonchev–Trinajstić information content (AvgIpc) is 3.30. The molecule has 0 spiro atoms. The summed E-state index contributed by atoms with van der Waals surface area (Å²) >= 11 is 0. The zero-order chi connectivity index (χ0) is 24.4. The quantitative estimate of drug-likeness (QED) is 0.347. The summed E-state index contributed by atoms with van der Waals surface area (Å²) in [5.74, 6) is 2.36. The van der Waals surface area contributed by atoms with Crippen LogP contribution in [0.1, 0.15) is 24.0 Å². The fraction of sp³-hybridized carbons (Fsp3) is 0.385. The van der Waals surface area contributed by atoms with Gasteiger partial charge in [-0.3, -0.25) is 4.79 Å². The molecule has 34 heavy (non-hydrogen) atoms. The van der Waals surface area contributed by atoms with E-state index in [1.54, 1.807) is 20.3 Å². The van der Waals surface area contributed by atoms with E-state index in [9.17, 15) is 4.79 Å². The van der Waals surface area contributed by atoms with E-state index in [0.717, 1.165) is 22.6 Å². The standard InChI is InChI=1S/C26H32N2O6/c1-4-13-26(25(30)27-14-12-20-17-22(31-2)10-11-23(20)32-3)18-34-24(28-26)19-6-8-21(9-7-19)33-16-5-15-29/h4,6-11,17,29H,1,5,12-16,18H2,2-3H3,(H,27,30)/t26-/m1/s1. The summed E-state index contributed by atoms with van der Waals surface area (Å²) in [6.07, 6.45) is 3.18. The number of methoxy groups -OCH3 is 2. The number of hydrogen-bond acceptors (Lipinski definition) is 7. The predicted molar refractivity (Wildman–Crippen MR) is 130 cm³/mol. The second kappa shape index (κ2) is 12.1. The highest BCUT2D eigenvalue weighted by molar-refractivity contribution is 6.00. The van der Waals surface area contributed by atoms with Gasteiger partial charge in [-0.05, 0) is 54.4 Å². The number of ether oxygens (including phenoxy) is 4. The normalized spacial score (nSPS) is 16.9. The summed E-state index contributed by atoms with van der Waals surface area (Å²) < 4.78 is 22.1. The van der Waals surface area contributed by atoms with Gasteiger partial charge in [-0.1, -0.05) is 6.08 Å². The lowest BCUT2D eigenvalue weighted by atomic mass is 9.96. The van der Waals surface area contributed by atoms with Crippen molar-refractivity contribution in [3.05, 3.63) is 66.2 Å². The lowest BCUT2D eigenvalue weighted by Crippen LogP contribution is -2.47. The summed E-state index contributed by atoms with van der Waals surface area (Å²) in [6.45, 7) is 4.87. The van der Waals surface area contributed by atoms with Crippen LogP contribution in [0.2, 0.25) is 0 Å². The number of aliphatic hydroxyl groups excluding tert-OH is 1. The summed E-state index contributed by atoms with van der Waals surface area (Å²) in [4.78, 5) is 17.8. The number of carbonyl (C=O) groups excluding carboxylic acids is 1. The zero-order valence-electron chi connectivity index (χ0n) is 19.7. The first kappa shape index (κ1) is 25.1. The smallest absolute Gasteiger partial charge is 0.251 e. The Kier molecular flexibility index (Phi) is 8.93. The molecule has 2 aromatic carbocycles. The van der Waals surface area contributed by atoms with Crippen LogP contribution >= 0.6 is 0 Å². The monoisotopic (exact) mass is 468 g/mol. The fourth-order valence-corrected chi connectivity index (χ4v) is 3.65. The molecule has 1 aliphatic rings. The van der Waals surface area contributed by atoms with Crippen LogP contribution in [0.3, 0.4) is 0 Å². The van der Waals surface area contributed by atoms with E-state index in [2.05, 4.69) is 16.9 Å². The number of amides is 1. The molecule has 3 rings (SSSR count). The Morgan fingerprint density at radius 3 is 2.65 bits per heavy atom. The number of rotatable bonds is 13. The first-order chi connectivity index (χ1) is 16.5. The summed E-state index contributed by atoms with van der Waals surface area (Å²) in [5.41, 5.74) is 0.633. The van der Waals surface area contributed by atoms with Gasteiger partial charge in [0.2, 0.25) is 5.90 Å². The number of benzene rings is 2. The van der Waals surface area contributed by atoms with Gasteiger partial charge < -0.3 is 29.4 Å². The third kappa shape index (κ3) is 6.08.